The van der Waals surface area contributed by atoms with Crippen LogP contribution in [0.5, 0.6) is 0 Å². The number of hydrogen-bond donors (Lipinski definition) is 1. The van der Waals surface area contributed by atoms with Gasteiger partial charge in [0.15, 0.2) is 6.10 Å². The molecular formula is C23H21ClF3N3O3. The van der Waals surface area contributed by atoms with E-state index in [0.29, 0.717) is 16.3 Å². The molecule has 0 saturated heterocycles. The second-order valence-electron chi connectivity index (χ2n) is 6.80. The maximum Gasteiger partial charge on any atom is 0.416 e. The standard InChI is InChI=1S/C23H21ClF3N3O3/c1-14(33-16(3)31)22(32)30(20-9-7-18(8-10-20)23(25,26)27)15(2)29-12-11-21(28)17-5-4-6-19(24)13-17/h4-14H,2,28H2,1,3H3/b21-11-,29-12-/t14-/m0/s1. The van der Waals surface area contributed by atoms with E-state index in [1.165, 1.54) is 19.2 Å². The Morgan fingerprint density at radius 1 is 1.21 bits per heavy atom. The number of halogens is 4. The second-order valence-corrected chi connectivity index (χ2v) is 7.23. The zero-order valence-corrected chi connectivity index (χ0v) is 18.5. The molecule has 0 saturated carbocycles. The van der Waals surface area contributed by atoms with Crippen LogP contribution in [0.4, 0.5) is 18.9 Å². The summed E-state index contributed by atoms with van der Waals surface area (Å²) in [5, 5.41) is 0.490. The lowest BCUT2D eigenvalue weighted by Gasteiger charge is -2.25. The quantitative estimate of drug-likeness (QED) is 0.437. The molecule has 0 aromatic heterocycles. The lowest BCUT2D eigenvalue weighted by Crippen LogP contribution is -2.38. The zero-order valence-electron chi connectivity index (χ0n) is 17.8. The van der Waals surface area contributed by atoms with Gasteiger partial charge >= 0.3 is 12.1 Å². The Morgan fingerprint density at radius 2 is 1.85 bits per heavy atom. The van der Waals surface area contributed by atoms with Crippen LogP contribution >= 0.6 is 11.6 Å². The fourth-order valence-electron chi connectivity index (χ4n) is 2.71. The molecule has 0 aliphatic rings. The summed E-state index contributed by atoms with van der Waals surface area (Å²) in [4.78, 5) is 29.2. The third kappa shape index (κ3) is 7.21. The van der Waals surface area contributed by atoms with Crippen LogP contribution in [0.2, 0.25) is 5.02 Å². The van der Waals surface area contributed by atoms with Crippen molar-refractivity contribution in [3.63, 3.8) is 0 Å². The molecule has 1 amide bonds. The largest absolute Gasteiger partial charge is 0.453 e. The molecule has 6 nitrogen and oxygen atoms in total. The van der Waals surface area contributed by atoms with Crippen LogP contribution in [0.15, 0.2) is 72.0 Å². The van der Waals surface area contributed by atoms with E-state index in [9.17, 15) is 22.8 Å². The van der Waals surface area contributed by atoms with Gasteiger partial charge in [-0.2, -0.15) is 13.2 Å². The molecule has 2 aromatic rings. The predicted octanol–water partition coefficient (Wildman–Crippen LogP) is 5.19. The Morgan fingerprint density at radius 3 is 2.39 bits per heavy atom. The van der Waals surface area contributed by atoms with Crippen molar-refractivity contribution < 1.29 is 27.5 Å². The highest BCUT2D eigenvalue weighted by Crippen LogP contribution is 2.31. The van der Waals surface area contributed by atoms with Crippen LogP contribution in [0.3, 0.4) is 0 Å². The Hall–Kier alpha value is -3.59. The van der Waals surface area contributed by atoms with E-state index >= 15 is 0 Å². The second kappa shape index (κ2) is 10.8. The molecule has 2 rings (SSSR count). The van der Waals surface area contributed by atoms with Crippen molar-refractivity contribution in [2.45, 2.75) is 26.1 Å². The number of carbonyl (C=O) groups is 2. The van der Waals surface area contributed by atoms with Crippen molar-refractivity contribution in [3.05, 3.63) is 83.2 Å². The van der Waals surface area contributed by atoms with E-state index in [4.69, 9.17) is 22.1 Å². The van der Waals surface area contributed by atoms with Gasteiger partial charge in [0.25, 0.3) is 5.91 Å². The third-order valence-electron chi connectivity index (χ3n) is 4.26. The normalized spacial score (nSPS) is 13.0. The van der Waals surface area contributed by atoms with Crippen molar-refractivity contribution in [1.82, 2.24) is 0 Å². The van der Waals surface area contributed by atoms with Crippen LogP contribution in [0.1, 0.15) is 25.0 Å². The first-order valence-corrected chi connectivity index (χ1v) is 9.91. The number of anilines is 1. The molecular weight excluding hydrogens is 459 g/mol. The van der Waals surface area contributed by atoms with Gasteiger partial charge in [-0.05, 0) is 55.0 Å². The van der Waals surface area contributed by atoms with Crippen molar-refractivity contribution in [2.24, 2.45) is 10.7 Å². The molecule has 0 fully saturated rings. The number of esters is 1. The van der Waals surface area contributed by atoms with Crippen molar-refractivity contribution in [1.29, 1.82) is 0 Å². The summed E-state index contributed by atoms with van der Waals surface area (Å²) in [6.45, 7) is 6.18. The number of hydrogen-bond acceptors (Lipinski definition) is 5. The predicted molar refractivity (Wildman–Crippen MR) is 121 cm³/mol. The first-order valence-electron chi connectivity index (χ1n) is 9.53. The summed E-state index contributed by atoms with van der Waals surface area (Å²) in [5.74, 6) is -1.58. The highest BCUT2D eigenvalue weighted by molar-refractivity contribution is 6.30. The number of nitrogens with zero attached hydrogens (tertiary/aromatic N) is 2. The summed E-state index contributed by atoms with van der Waals surface area (Å²) >= 11 is 5.94. The fourth-order valence-corrected chi connectivity index (χ4v) is 2.90. The zero-order chi connectivity index (χ0) is 24.8. The van der Waals surface area contributed by atoms with E-state index in [2.05, 4.69) is 11.6 Å². The first-order chi connectivity index (χ1) is 15.4. The topological polar surface area (TPSA) is 85.0 Å². The SMILES string of the molecule is C=C(/N=C\C=C(/N)c1cccc(Cl)c1)N(C(=O)[C@H](C)OC(C)=O)c1ccc(C(F)(F)F)cc1. The van der Waals surface area contributed by atoms with Crippen LogP contribution in [0.25, 0.3) is 5.70 Å². The monoisotopic (exact) mass is 479 g/mol. The van der Waals surface area contributed by atoms with E-state index in [1.54, 1.807) is 24.3 Å². The smallest absolute Gasteiger partial charge is 0.416 e. The molecule has 1 atom stereocenters. The minimum atomic E-state index is -4.55. The summed E-state index contributed by atoms with van der Waals surface area (Å²) < 4.78 is 43.6. The molecule has 174 valence electrons. The number of nitrogens with two attached hydrogens (primary N) is 1. The number of benzene rings is 2. The minimum absolute atomic E-state index is 0.0564. The molecule has 0 spiro atoms. The minimum Gasteiger partial charge on any atom is -0.453 e. The van der Waals surface area contributed by atoms with E-state index in [1.807, 2.05) is 0 Å². The van der Waals surface area contributed by atoms with Crippen molar-refractivity contribution in [2.75, 3.05) is 4.90 Å². The van der Waals surface area contributed by atoms with Crippen LogP contribution < -0.4 is 10.6 Å². The molecule has 10 heteroatoms. The summed E-state index contributed by atoms with van der Waals surface area (Å²) in [5.41, 5.74) is 6.13. The molecule has 0 unspecified atom stereocenters. The van der Waals surface area contributed by atoms with E-state index in [-0.39, 0.29) is 11.5 Å². The maximum atomic E-state index is 12.9. The van der Waals surface area contributed by atoms with Gasteiger partial charge in [-0.15, -0.1) is 0 Å². The molecule has 2 aromatic carbocycles. The average Bonchev–Trinajstić information content (AvgIpc) is 2.73. The highest BCUT2D eigenvalue weighted by atomic mass is 35.5. The van der Waals surface area contributed by atoms with E-state index in [0.717, 1.165) is 36.1 Å². The number of alkyl halides is 3. The van der Waals surface area contributed by atoms with Crippen molar-refractivity contribution in [3.8, 4) is 0 Å². The van der Waals surface area contributed by atoms with Gasteiger partial charge in [0.2, 0.25) is 0 Å². The molecule has 0 radical (unpaired) electrons. The average molecular weight is 480 g/mol. The highest BCUT2D eigenvalue weighted by Gasteiger charge is 2.31. The molecule has 0 aliphatic carbocycles. The van der Waals surface area contributed by atoms with Gasteiger partial charge in [0.1, 0.15) is 5.82 Å². The molecule has 0 heterocycles. The van der Waals surface area contributed by atoms with Gasteiger partial charge in [0.05, 0.1) is 11.3 Å². The Labute approximate surface area is 193 Å². The number of carbonyl (C=O) groups excluding carboxylic acids is 2. The van der Waals surface area contributed by atoms with Crippen LogP contribution in [-0.2, 0) is 20.5 Å². The molecule has 2 N–H and O–H groups in total. The number of ether oxygens (including phenoxy) is 1. The Kier molecular flexibility index (Phi) is 8.42. The molecule has 0 bridgehead atoms. The van der Waals surface area contributed by atoms with Gasteiger partial charge in [-0.3, -0.25) is 14.5 Å². The Bertz CT molecular complexity index is 1100. The van der Waals surface area contributed by atoms with Gasteiger partial charge < -0.3 is 10.5 Å². The van der Waals surface area contributed by atoms with E-state index < -0.39 is 29.7 Å². The molecule has 0 aliphatic heterocycles. The third-order valence-corrected chi connectivity index (χ3v) is 4.49. The van der Waals surface area contributed by atoms with Crippen LogP contribution in [-0.4, -0.2) is 24.2 Å². The van der Waals surface area contributed by atoms with Crippen molar-refractivity contribution >= 4 is 41.1 Å². The number of amides is 1. The first kappa shape index (κ1) is 25.7. The van der Waals surface area contributed by atoms with Gasteiger partial charge in [-0.25, -0.2) is 4.99 Å². The molecule has 33 heavy (non-hydrogen) atoms. The lowest BCUT2D eigenvalue weighted by atomic mass is 10.1. The summed E-state index contributed by atoms with van der Waals surface area (Å²) in [6, 6.07) is 10.6. The van der Waals surface area contributed by atoms with Gasteiger partial charge in [0, 0.05) is 23.9 Å². The number of rotatable bonds is 7. The Balaban J connectivity index is 2.35. The van der Waals surface area contributed by atoms with Gasteiger partial charge in [-0.1, -0.05) is 30.3 Å². The summed E-state index contributed by atoms with van der Waals surface area (Å²) in [7, 11) is 0. The fraction of sp³-hybridized carbons (Fsp3) is 0.174. The summed E-state index contributed by atoms with van der Waals surface area (Å²) in [6.07, 6.45) is -3.05. The lowest BCUT2D eigenvalue weighted by molar-refractivity contribution is -0.151. The number of allylic oxidation sites excluding steroid dienone is 1. The number of aliphatic imine (C=N–C) groups is 1. The maximum absolute atomic E-state index is 12.9. The van der Waals surface area contributed by atoms with Crippen LogP contribution in [0, 0.1) is 0 Å².